The lowest BCUT2D eigenvalue weighted by Gasteiger charge is -2.20. The molecule has 1 saturated heterocycles. The summed E-state index contributed by atoms with van der Waals surface area (Å²) in [6, 6.07) is -0.0981. The van der Waals surface area contributed by atoms with Crippen LogP contribution in [0.25, 0.3) is 0 Å². The molecule has 1 unspecified atom stereocenters. The Balaban J connectivity index is 2.09. The molecule has 2 amide bonds. The smallest absolute Gasteiger partial charge is 0.407 e. The third-order valence-corrected chi connectivity index (χ3v) is 2.95. The second kappa shape index (κ2) is 8.09. The summed E-state index contributed by atoms with van der Waals surface area (Å²) < 4.78 is 5.13. The first-order valence-corrected chi connectivity index (χ1v) is 7.36. The quantitative estimate of drug-likeness (QED) is 0.662. The van der Waals surface area contributed by atoms with E-state index in [1.807, 2.05) is 20.8 Å². The van der Waals surface area contributed by atoms with Crippen LogP contribution in [0.2, 0.25) is 0 Å². The van der Waals surface area contributed by atoms with E-state index in [2.05, 4.69) is 16.0 Å². The topological polar surface area (TPSA) is 79.5 Å². The fourth-order valence-electron chi connectivity index (χ4n) is 2.00. The van der Waals surface area contributed by atoms with Gasteiger partial charge in [0.1, 0.15) is 5.60 Å². The molecule has 0 aromatic rings. The van der Waals surface area contributed by atoms with Crippen molar-refractivity contribution in [3.8, 4) is 0 Å². The summed E-state index contributed by atoms with van der Waals surface area (Å²) in [7, 11) is 0. The summed E-state index contributed by atoms with van der Waals surface area (Å²) in [6.45, 7) is 7.51. The van der Waals surface area contributed by atoms with Gasteiger partial charge in [-0.15, -0.1) is 0 Å². The van der Waals surface area contributed by atoms with E-state index in [-0.39, 0.29) is 11.9 Å². The molecule has 0 bridgehead atoms. The van der Waals surface area contributed by atoms with Crippen molar-refractivity contribution in [3.63, 3.8) is 0 Å². The van der Waals surface area contributed by atoms with Crippen molar-refractivity contribution < 1.29 is 14.3 Å². The van der Waals surface area contributed by atoms with Gasteiger partial charge in [-0.05, 0) is 53.0 Å². The van der Waals surface area contributed by atoms with Crippen LogP contribution >= 0.6 is 0 Å². The van der Waals surface area contributed by atoms with Gasteiger partial charge in [0.05, 0.1) is 6.04 Å². The highest BCUT2D eigenvalue weighted by Crippen LogP contribution is 2.06. The molecular formula is C14H27N3O3. The summed E-state index contributed by atoms with van der Waals surface area (Å²) in [5.41, 5.74) is -0.471. The molecule has 0 spiro atoms. The lowest BCUT2D eigenvalue weighted by molar-refractivity contribution is -0.122. The number of nitrogens with one attached hydrogen (secondary N) is 3. The van der Waals surface area contributed by atoms with Gasteiger partial charge in [0.2, 0.25) is 5.91 Å². The second-order valence-electron chi connectivity index (χ2n) is 6.08. The SMILES string of the molecule is CC(C)(C)OC(=O)NCCCNC1CCCCNC1=O. The zero-order chi connectivity index (χ0) is 15.0. The number of hydrogen-bond donors (Lipinski definition) is 3. The van der Waals surface area contributed by atoms with Crippen molar-refractivity contribution in [1.82, 2.24) is 16.0 Å². The van der Waals surface area contributed by atoms with Crippen LogP contribution in [0.3, 0.4) is 0 Å². The average molecular weight is 285 g/mol. The van der Waals surface area contributed by atoms with Crippen LogP contribution in [0, 0.1) is 0 Å². The molecular weight excluding hydrogens is 258 g/mol. The Morgan fingerprint density at radius 1 is 1.35 bits per heavy atom. The zero-order valence-electron chi connectivity index (χ0n) is 12.8. The molecule has 0 radical (unpaired) electrons. The van der Waals surface area contributed by atoms with Crippen LogP contribution in [-0.4, -0.2) is 43.3 Å². The van der Waals surface area contributed by atoms with Crippen LogP contribution < -0.4 is 16.0 Å². The fraction of sp³-hybridized carbons (Fsp3) is 0.857. The van der Waals surface area contributed by atoms with Crippen LogP contribution in [0.1, 0.15) is 46.5 Å². The van der Waals surface area contributed by atoms with E-state index in [4.69, 9.17) is 4.74 Å². The van der Waals surface area contributed by atoms with E-state index in [1.165, 1.54) is 0 Å². The van der Waals surface area contributed by atoms with Crippen LogP contribution in [0.4, 0.5) is 4.79 Å². The number of carbonyl (C=O) groups excluding carboxylic acids is 2. The molecule has 1 rings (SSSR count). The molecule has 0 saturated carbocycles. The van der Waals surface area contributed by atoms with E-state index in [1.54, 1.807) is 0 Å². The molecule has 20 heavy (non-hydrogen) atoms. The van der Waals surface area contributed by atoms with Crippen molar-refractivity contribution in [3.05, 3.63) is 0 Å². The van der Waals surface area contributed by atoms with Crippen molar-refractivity contribution in [2.45, 2.75) is 58.1 Å². The molecule has 1 heterocycles. The first-order valence-electron chi connectivity index (χ1n) is 7.36. The Labute approximate surface area is 121 Å². The summed E-state index contributed by atoms with van der Waals surface area (Å²) in [5.74, 6) is 0.0857. The van der Waals surface area contributed by atoms with Gasteiger partial charge in [-0.3, -0.25) is 4.79 Å². The minimum absolute atomic E-state index is 0.0857. The average Bonchev–Trinajstić information content (AvgIpc) is 2.52. The van der Waals surface area contributed by atoms with E-state index in [0.717, 1.165) is 32.2 Å². The second-order valence-corrected chi connectivity index (χ2v) is 6.08. The van der Waals surface area contributed by atoms with Gasteiger partial charge < -0.3 is 20.7 Å². The Hall–Kier alpha value is -1.30. The molecule has 1 fully saturated rings. The van der Waals surface area contributed by atoms with E-state index in [0.29, 0.717) is 13.1 Å². The minimum Gasteiger partial charge on any atom is -0.444 e. The zero-order valence-corrected chi connectivity index (χ0v) is 12.8. The maximum absolute atomic E-state index is 11.7. The van der Waals surface area contributed by atoms with Crippen molar-refractivity contribution in [2.75, 3.05) is 19.6 Å². The van der Waals surface area contributed by atoms with Crippen LogP contribution in [0.5, 0.6) is 0 Å². The van der Waals surface area contributed by atoms with Crippen LogP contribution in [0.15, 0.2) is 0 Å². The van der Waals surface area contributed by atoms with Crippen molar-refractivity contribution >= 4 is 12.0 Å². The van der Waals surface area contributed by atoms with Gasteiger partial charge in [-0.25, -0.2) is 4.79 Å². The molecule has 116 valence electrons. The third-order valence-electron chi connectivity index (χ3n) is 2.95. The van der Waals surface area contributed by atoms with Crippen LogP contribution in [-0.2, 0) is 9.53 Å². The molecule has 1 aliphatic heterocycles. The number of ether oxygens (including phenoxy) is 1. The normalized spacial score (nSPS) is 19.9. The van der Waals surface area contributed by atoms with E-state index < -0.39 is 11.7 Å². The van der Waals surface area contributed by atoms with Gasteiger partial charge >= 0.3 is 6.09 Å². The Morgan fingerprint density at radius 3 is 2.80 bits per heavy atom. The van der Waals surface area contributed by atoms with Crippen molar-refractivity contribution in [1.29, 1.82) is 0 Å². The highest BCUT2D eigenvalue weighted by Gasteiger charge is 2.19. The number of hydrogen-bond acceptors (Lipinski definition) is 4. The number of carbonyl (C=O) groups is 2. The van der Waals surface area contributed by atoms with Gasteiger partial charge in [0, 0.05) is 13.1 Å². The molecule has 0 aromatic carbocycles. The molecule has 0 aromatic heterocycles. The summed E-state index contributed by atoms with van der Waals surface area (Å²) in [4.78, 5) is 23.1. The van der Waals surface area contributed by atoms with Crippen molar-refractivity contribution in [2.24, 2.45) is 0 Å². The lowest BCUT2D eigenvalue weighted by atomic mass is 10.1. The first-order chi connectivity index (χ1) is 9.38. The predicted molar refractivity (Wildman–Crippen MR) is 77.5 cm³/mol. The number of amides is 2. The molecule has 6 heteroatoms. The molecule has 1 atom stereocenters. The minimum atomic E-state index is -0.471. The lowest BCUT2D eigenvalue weighted by Crippen LogP contribution is -2.43. The van der Waals surface area contributed by atoms with Gasteiger partial charge in [0.15, 0.2) is 0 Å². The third kappa shape index (κ3) is 7.33. The van der Waals surface area contributed by atoms with Gasteiger partial charge in [-0.1, -0.05) is 0 Å². The Morgan fingerprint density at radius 2 is 2.10 bits per heavy atom. The Bertz CT molecular complexity index is 326. The summed E-state index contributed by atoms with van der Waals surface area (Å²) in [6.07, 6.45) is 3.36. The van der Waals surface area contributed by atoms with E-state index in [9.17, 15) is 9.59 Å². The monoisotopic (exact) mass is 285 g/mol. The summed E-state index contributed by atoms with van der Waals surface area (Å²) >= 11 is 0. The maximum atomic E-state index is 11.7. The first kappa shape index (κ1) is 16.8. The highest BCUT2D eigenvalue weighted by atomic mass is 16.6. The van der Waals surface area contributed by atoms with E-state index >= 15 is 0 Å². The molecule has 1 aliphatic rings. The number of alkyl carbamates (subject to hydrolysis) is 1. The molecule has 0 aliphatic carbocycles. The molecule has 3 N–H and O–H groups in total. The van der Waals surface area contributed by atoms with Gasteiger partial charge in [-0.2, -0.15) is 0 Å². The standard InChI is InChI=1S/C14H27N3O3/c1-14(2,3)20-13(19)17-10-6-9-15-11-7-4-5-8-16-12(11)18/h11,15H,4-10H2,1-3H3,(H,16,18)(H,17,19). The molecule has 6 nitrogen and oxygen atoms in total. The van der Waals surface area contributed by atoms with Gasteiger partial charge in [0.25, 0.3) is 0 Å². The fourth-order valence-corrected chi connectivity index (χ4v) is 2.00. The summed E-state index contributed by atoms with van der Waals surface area (Å²) in [5, 5.41) is 8.82. The Kier molecular flexibility index (Phi) is 6.78. The predicted octanol–water partition coefficient (Wildman–Crippen LogP) is 1.16. The maximum Gasteiger partial charge on any atom is 0.407 e. The largest absolute Gasteiger partial charge is 0.444 e. The highest BCUT2D eigenvalue weighted by molar-refractivity contribution is 5.81. The number of rotatable bonds is 5.